The third-order valence-corrected chi connectivity index (χ3v) is 3.77. The summed E-state index contributed by atoms with van der Waals surface area (Å²) in [6.45, 7) is 0. The fourth-order valence-electron chi connectivity index (χ4n) is 1.98. The second-order valence-corrected chi connectivity index (χ2v) is 4.64. The summed E-state index contributed by atoms with van der Waals surface area (Å²) in [5.74, 6) is 0.270. The molecule has 0 fully saturated rings. The summed E-state index contributed by atoms with van der Waals surface area (Å²) in [7, 11) is 1.89. The first kappa shape index (κ1) is 8.85. The molecule has 15 heavy (non-hydrogen) atoms. The van der Waals surface area contributed by atoms with Crippen LogP contribution < -0.4 is 0 Å². The zero-order valence-corrected chi connectivity index (χ0v) is 9.17. The average Bonchev–Trinajstić information content (AvgIpc) is 2.84. The number of aryl methyl sites for hydroxylation is 2. The van der Waals surface area contributed by atoms with Crippen LogP contribution in [0.5, 0.6) is 0 Å². The maximum Gasteiger partial charge on any atom is 0.165 e. The highest BCUT2D eigenvalue weighted by Gasteiger charge is 2.26. The highest BCUT2D eigenvalue weighted by Crippen LogP contribution is 2.36. The number of hydrogen-bond acceptors (Lipinski definition) is 3. The van der Waals surface area contributed by atoms with Gasteiger partial charge in [0.25, 0.3) is 0 Å². The van der Waals surface area contributed by atoms with Crippen LogP contribution in [0.25, 0.3) is 10.6 Å². The predicted molar refractivity (Wildman–Crippen MR) is 59.2 cm³/mol. The van der Waals surface area contributed by atoms with Crippen molar-refractivity contribution in [2.75, 3.05) is 0 Å². The Balaban J connectivity index is 2.18. The molecule has 0 spiro atoms. The van der Waals surface area contributed by atoms with Crippen LogP contribution in [-0.2, 0) is 13.5 Å². The first-order chi connectivity index (χ1) is 7.25. The number of Topliss-reactive ketones (excluding diaryl/α,β-unsaturated/α-hetero) is 1. The molecule has 0 atom stereocenters. The Hall–Kier alpha value is -1.42. The van der Waals surface area contributed by atoms with Gasteiger partial charge >= 0.3 is 0 Å². The second kappa shape index (κ2) is 3.03. The summed E-state index contributed by atoms with van der Waals surface area (Å²) >= 11 is 1.63. The number of thiophene rings is 1. The number of carbonyl (C=O) groups is 1. The fraction of sp³-hybridized carbons (Fsp3) is 0.273. The van der Waals surface area contributed by atoms with Crippen molar-refractivity contribution in [1.29, 1.82) is 0 Å². The molecule has 3 rings (SSSR count). The van der Waals surface area contributed by atoms with Gasteiger partial charge in [-0.05, 0) is 23.4 Å². The lowest BCUT2D eigenvalue weighted by molar-refractivity contribution is 0.0995. The van der Waals surface area contributed by atoms with Crippen LogP contribution in [0.1, 0.15) is 22.3 Å². The minimum atomic E-state index is 0.270. The van der Waals surface area contributed by atoms with Gasteiger partial charge in [0.05, 0.1) is 4.88 Å². The highest BCUT2D eigenvalue weighted by atomic mass is 32.1. The number of rotatable bonds is 1. The summed E-state index contributed by atoms with van der Waals surface area (Å²) in [5, 5.41) is 6.43. The van der Waals surface area contributed by atoms with E-state index in [4.69, 9.17) is 0 Å². The van der Waals surface area contributed by atoms with Gasteiger partial charge in [-0.2, -0.15) is 5.10 Å². The van der Waals surface area contributed by atoms with E-state index in [1.165, 1.54) is 5.56 Å². The molecule has 1 aliphatic carbocycles. The number of aromatic nitrogens is 2. The normalized spacial score (nSPS) is 14.6. The maximum absolute atomic E-state index is 11.7. The first-order valence-corrected chi connectivity index (χ1v) is 5.77. The number of hydrogen-bond donors (Lipinski definition) is 0. The van der Waals surface area contributed by atoms with Crippen LogP contribution in [0.15, 0.2) is 17.6 Å². The van der Waals surface area contributed by atoms with Gasteiger partial charge in [0.1, 0.15) is 5.69 Å². The van der Waals surface area contributed by atoms with Crippen molar-refractivity contribution in [3.05, 3.63) is 28.8 Å². The highest BCUT2D eigenvalue weighted by molar-refractivity contribution is 7.14. The SMILES string of the molecule is Cn1ccc(-c2scc3c2C(=O)CC3)n1. The fourth-order valence-corrected chi connectivity index (χ4v) is 3.07. The number of ketones is 1. The molecule has 0 bridgehead atoms. The number of fused-ring (bicyclic) bond motifs is 1. The van der Waals surface area contributed by atoms with Crippen LogP contribution in [0.2, 0.25) is 0 Å². The zero-order chi connectivity index (χ0) is 10.4. The van der Waals surface area contributed by atoms with E-state index in [1.807, 2.05) is 19.3 Å². The summed E-state index contributed by atoms with van der Waals surface area (Å²) in [6.07, 6.45) is 3.47. The Labute approximate surface area is 91.4 Å². The van der Waals surface area contributed by atoms with Crippen molar-refractivity contribution in [3.63, 3.8) is 0 Å². The molecule has 0 aromatic carbocycles. The van der Waals surface area contributed by atoms with E-state index in [-0.39, 0.29) is 5.78 Å². The van der Waals surface area contributed by atoms with E-state index in [0.717, 1.165) is 22.6 Å². The molecular formula is C11H10N2OS. The summed E-state index contributed by atoms with van der Waals surface area (Å²) < 4.78 is 1.76. The van der Waals surface area contributed by atoms with Crippen LogP contribution in [-0.4, -0.2) is 15.6 Å². The van der Waals surface area contributed by atoms with Crippen LogP contribution in [0.3, 0.4) is 0 Å². The molecule has 4 heteroatoms. The molecule has 0 saturated heterocycles. The number of carbonyl (C=O) groups excluding carboxylic acids is 1. The van der Waals surface area contributed by atoms with Crippen molar-refractivity contribution in [1.82, 2.24) is 9.78 Å². The van der Waals surface area contributed by atoms with Gasteiger partial charge < -0.3 is 0 Å². The van der Waals surface area contributed by atoms with E-state index < -0.39 is 0 Å². The molecule has 2 aromatic rings. The van der Waals surface area contributed by atoms with E-state index in [2.05, 4.69) is 10.5 Å². The maximum atomic E-state index is 11.7. The third-order valence-electron chi connectivity index (χ3n) is 2.71. The third kappa shape index (κ3) is 1.25. The van der Waals surface area contributed by atoms with Gasteiger partial charge in [0, 0.05) is 25.2 Å². The lowest BCUT2D eigenvalue weighted by Crippen LogP contribution is -1.93. The van der Waals surface area contributed by atoms with Gasteiger partial charge in [-0.1, -0.05) is 0 Å². The Bertz CT molecular complexity index is 539. The van der Waals surface area contributed by atoms with Gasteiger partial charge in [-0.15, -0.1) is 11.3 Å². The van der Waals surface area contributed by atoms with E-state index >= 15 is 0 Å². The molecule has 0 saturated carbocycles. The molecule has 0 unspecified atom stereocenters. The van der Waals surface area contributed by atoms with E-state index in [9.17, 15) is 4.79 Å². The molecule has 2 heterocycles. The monoisotopic (exact) mass is 218 g/mol. The standard InChI is InChI=1S/C11H10N2OS/c1-13-5-4-8(12-13)11-10-7(6-15-11)2-3-9(10)14/h4-6H,2-3H2,1H3. The molecular weight excluding hydrogens is 208 g/mol. The largest absolute Gasteiger partial charge is 0.294 e. The smallest absolute Gasteiger partial charge is 0.165 e. The van der Waals surface area contributed by atoms with Gasteiger partial charge in [-0.25, -0.2) is 0 Å². The number of nitrogens with zero attached hydrogens (tertiary/aromatic N) is 2. The Morgan fingerprint density at radius 1 is 1.47 bits per heavy atom. The van der Waals surface area contributed by atoms with Crippen molar-refractivity contribution in [2.24, 2.45) is 7.05 Å². The summed E-state index contributed by atoms with van der Waals surface area (Å²) in [4.78, 5) is 12.7. The van der Waals surface area contributed by atoms with E-state index in [0.29, 0.717) is 6.42 Å². The Morgan fingerprint density at radius 2 is 2.33 bits per heavy atom. The summed E-state index contributed by atoms with van der Waals surface area (Å²) in [5.41, 5.74) is 3.03. The Kier molecular flexibility index (Phi) is 1.79. The van der Waals surface area contributed by atoms with Crippen molar-refractivity contribution < 1.29 is 4.79 Å². The average molecular weight is 218 g/mol. The van der Waals surface area contributed by atoms with Gasteiger partial charge in [0.15, 0.2) is 5.78 Å². The second-order valence-electron chi connectivity index (χ2n) is 3.76. The van der Waals surface area contributed by atoms with Crippen molar-refractivity contribution >= 4 is 17.1 Å². The summed E-state index contributed by atoms with van der Waals surface area (Å²) in [6, 6.07) is 1.96. The molecule has 76 valence electrons. The molecule has 1 aliphatic rings. The van der Waals surface area contributed by atoms with Gasteiger partial charge in [-0.3, -0.25) is 9.48 Å². The van der Waals surface area contributed by atoms with Gasteiger partial charge in [0.2, 0.25) is 0 Å². The molecule has 0 radical (unpaired) electrons. The molecule has 0 aliphatic heterocycles. The lowest BCUT2D eigenvalue weighted by Gasteiger charge is -1.94. The minimum absolute atomic E-state index is 0.270. The molecule has 2 aromatic heterocycles. The van der Waals surface area contributed by atoms with E-state index in [1.54, 1.807) is 16.0 Å². The quantitative estimate of drug-likeness (QED) is 0.736. The minimum Gasteiger partial charge on any atom is -0.294 e. The topological polar surface area (TPSA) is 34.9 Å². The Morgan fingerprint density at radius 3 is 3.07 bits per heavy atom. The molecule has 0 amide bonds. The molecule has 3 nitrogen and oxygen atoms in total. The first-order valence-electron chi connectivity index (χ1n) is 4.89. The van der Waals surface area contributed by atoms with Crippen LogP contribution >= 0.6 is 11.3 Å². The van der Waals surface area contributed by atoms with Crippen molar-refractivity contribution in [2.45, 2.75) is 12.8 Å². The zero-order valence-electron chi connectivity index (χ0n) is 8.36. The van der Waals surface area contributed by atoms with Crippen molar-refractivity contribution in [3.8, 4) is 10.6 Å². The molecule has 0 N–H and O–H groups in total. The predicted octanol–water partition coefficient (Wildman–Crippen LogP) is 2.28. The van der Waals surface area contributed by atoms with Crippen LogP contribution in [0, 0.1) is 0 Å². The lowest BCUT2D eigenvalue weighted by atomic mass is 10.1. The van der Waals surface area contributed by atoms with Crippen LogP contribution in [0.4, 0.5) is 0 Å².